The zero-order valence-electron chi connectivity index (χ0n) is 11.8. The topological polar surface area (TPSA) is 17.8 Å². The molecule has 0 aliphatic heterocycles. The molecule has 1 fully saturated rings. The number of alkyl halides is 1. The van der Waals surface area contributed by atoms with E-state index in [-0.39, 0.29) is 5.82 Å². The monoisotopic (exact) mass is 294 g/mol. The van der Waals surface area contributed by atoms with E-state index in [0.29, 0.717) is 11.3 Å². The molecule has 0 saturated heterocycles. The first-order valence-electron chi connectivity index (χ1n) is 7.38. The maximum Gasteiger partial charge on any atom is 0.125 e. The minimum Gasteiger partial charge on any atom is -0.327 e. The molecule has 20 heavy (non-hydrogen) atoms. The van der Waals surface area contributed by atoms with Gasteiger partial charge in [-0.25, -0.2) is 9.37 Å². The van der Waals surface area contributed by atoms with Gasteiger partial charge in [0.1, 0.15) is 11.6 Å². The highest BCUT2D eigenvalue weighted by Gasteiger charge is 2.36. The van der Waals surface area contributed by atoms with Crippen molar-refractivity contribution in [2.24, 2.45) is 5.41 Å². The highest BCUT2D eigenvalue weighted by Crippen LogP contribution is 2.45. The summed E-state index contributed by atoms with van der Waals surface area (Å²) in [5.74, 6) is 1.33. The molecule has 1 aliphatic rings. The molecule has 0 bridgehead atoms. The summed E-state index contributed by atoms with van der Waals surface area (Å²) in [4.78, 5) is 4.63. The molecule has 4 heteroatoms. The minimum absolute atomic E-state index is 0.199. The van der Waals surface area contributed by atoms with Crippen molar-refractivity contribution in [3.63, 3.8) is 0 Å². The molecule has 0 amide bonds. The number of rotatable bonds is 5. The lowest BCUT2D eigenvalue weighted by Crippen LogP contribution is -2.34. The second-order valence-corrected chi connectivity index (χ2v) is 6.27. The van der Waals surface area contributed by atoms with E-state index in [9.17, 15) is 4.39 Å². The van der Waals surface area contributed by atoms with Crippen LogP contribution in [-0.2, 0) is 13.0 Å². The Balaban J connectivity index is 2.05. The van der Waals surface area contributed by atoms with Crippen LogP contribution in [-0.4, -0.2) is 15.4 Å². The van der Waals surface area contributed by atoms with Crippen LogP contribution in [0.2, 0.25) is 0 Å². The van der Waals surface area contributed by atoms with E-state index < -0.39 is 0 Å². The van der Waals surface area contributed by atoms with Crippen molar-refractivity contribution in [1.82, 2.24) is 9.55 Å². The number of fused-ring (bicyclic) bond motifs is 1. The van der Waals surface area contributed by atoms with Crippen LogP contribution in [0, 0.1) is 11.2 Å². The van der Waals surface area contributed by atoms with Gasteiger partial charge in [0.25, 0.3) is 0 Å². The van der Waals surface area contributed by atoms with Gasteiger partial charge in [0.2, 0.25) is 0 Å². The Labute approximate surface area is 123 Å². The first-order chi connectivity index (χ1) is 9.67. The van der Waals surface area contributed by atoms with E-state index >= 15 is 0 Å². The van der Waals surface area contributed by atoms with Crippen molar-refractivity contribution in [3.05, 3.63) is 29.8 Å². The van der Waals surface area contributed by atoms with Gasteiger partial charge in [-0.15, -0.1) is 11.6 Å². The fourth-order valence-electron chi connectivity index (χ4n) is 3.23. The van der Waals surface area contributed by atoms with E-state index in [1.165, 1.54) is 31.7 Å². The third kappa shape index (κ3) is 2.32. The zero-order valence-corrected chi connectivity index (χ0v) is 12.6. The van der Waals surface area contributed by atoms with Gasteiger partial charge >= 0.3 is 0 Å². The van der Waals surface area contributed by atoms with Crippen LogP contribution in [0.4, 0.5) is 4.39 Å². The molecule has 1 saturated carbocycles. The lowest BCUT2D eigenvalue weighted by molar-refractivity contribution is 0.101. The van der Waals surface area contributed by atoms with Crippen molar-refractivity contribution in [1.29, 1.82) is 0 Å². The normalized spacial score (nSPS) is 17.4. The maximum absolute atomic E-state index is 13.6. The highest BCUT2D eigenvalue weighted by molar-refractivity contribution is 6.17. The largest absolute Gasteiger partial charge is 0.327 e. The highest BCUT2D eigenvalue weighted by atomic mass is 35.5. The van der Waals surface area contributed by atoms with Gasteiger partial charge in [-0.3, -0.25) is 0 Å². The molecule has 0 spiro atoms. The summed E-state index contributed by atoms with van der Waals surface area (Å²) in [7, 11) is 0. The van der Waals surface area contributed by atoms with Crippen LogP contribution in [0.15, 0.2) is 18.2 Å². The second kappa shape index (κ2) is 5.36. The van der Waals surface area contributed by atoms with E-state index in [1.807, 2.05) is 0 Å². The molecule has 1 aromatic carbocycles. The zero-order chi connectivity index (χ0) is 14.2. The van der Waals surface area contributed by atoms with Crippen LogP contribution in [0.1, 0.15) is 38.4 Å². The summed E-state index contributed by atoms with van der Waals surface area (Å²) in [5, 5.41) is 0. The predicted octanol–water partition coefficient (Wildman–Crippen LogP) is 4.54. The summed E-state index contributed by atoms with van der Waals surface area (Å²) in [6.45, 7) is 3.19. The standard InChI is InChI=1S/C16H20ClFN2/c1-2-16(7-3-8-16)11-20-14-10-12(18)4-5-13(14)19-15(20)6-9-17/h4-5,10H,2-3,6-9,11H2,1H3. The Morgan fingerprint density at radius 2 is 2.20 bits per heavy atom. The van der Waals surface area contributed by atoms with Crippen molar-refractivity contribution < 1.29 is 4.39 Å². The van der Waals surface area contributed by atoms with Crippen LogP contribution < -0.4 is 0 Å². The number of hydrogen-bond acceptors (Lipinski definition) is 1. The van der Waals surface area contributed by atoms with Gasteiger partial charge in [-0.05, 0) is 42.9 Å². The molecule has 0 atom stereocenters. The third-order valence-corrected chi connectivity index (χ3v) is 4.95. The fourth-order valence-corrected chi connectivity index (χ4v) is 3.40. The minimum atomic E-state index is -0.199. The van der Waals surface area contributed by atoms with Crippen molar-refractivity contribution in [3.8, 4) is 0 Å². The third-order valence-electron chi connectivity index (χ3n) is 4.77. The average molecular weight is 295 g/mol. The molecule has 1 aliphatic carbocycles. The van der Waals surface area contributed by atoms with Crippen LogP contribution in [0.5, 0.6) is 0 Å². The molecular formula is C16H20ClFN2. The summed E-state index contributed by atoms with van der Waals surface area (Å²) >= 11 is 5.89. The maximum atomic E-state index is 13.6. The quantitative estimate of drug-likeness (QED) is 0.741. The van der Waals surface area contributed by atoms with Gasteiger partial charge < -0.3 is 4.57 Å². The first kappa shape index (κ1) is 13.9. The molecule has 3 rings (SSSR count). The molecule has 0 N–H and O–H groups in total. The Morgan fingerprint density at radius 3 is 2.80 bits per heavy atom. The van der Waals surface area contributed by atoms with Gasteiger partial charge in [0, 0.05) is 18.8 Å². The lowest BCUT2D eigenvalue weighted by atomic mass is 9.67. The van der Waals surface area contributed by atoms with Crippen molar-refractivity contribution in [2.45, 2.75) is 45.6 Å². The molecular weight excluding hydrogens is 275 g/mol. The summed E-state index contributed by atoms with van der Waals surface area (Å²) < 4.78 is 15.8. The summed E-state index contributed by atoms with van der Waals surface area (Å²) in [5.41, 5.74) is 2.16. The van der Waals surface area contributed by atoms with E-state index in [4.69, 9.17) is 11.6 Å². The molecule has 108 valence electrons. The number of hydrogen-bond donors (Lipinski definition) is 0. The Bertz CT molecular complexity index is 611. The summed E-state index contributed by atoms with van der Waals surface area (Å²) in [6.07, 6.45) is 5.73. The smallest absolute Gasteiger partial charge is 0.125 e. The average Bonchev–Trinajstić information content (AvgIpc) is 2.72. The van der Waals surface area contributed by atoms with Gasteiger partial charge in [-0.1, -0.05) is 13.3 Å². The summed E-state index contributed by atoms with van der Waals surface area (Å²) in [6, 6.07) is 4.84. The van der Waals surface area contributed by atoms with Gasteiger partial charge in [0.15, 0.2) is 0 Å². The fraction of sp³-hybridized carbons (Fsp3) is 0.562. The Morgan fingerprint density at radius 1 is 1.40 bits per heavy atom. The van der Waals surface area contributed by atoms with Crippen LogP contribution in [0.25, 0.3) is 11.0 Å². The van der Waals surface area contributed by atoms with Crippen LogP contribution in [0.3, 0.4) is 0 Å². The predicted molar refractivity (Wildman–Crippen MR) is 80.7 cm³/mol. The lowest BCUT2D eigenvalue weighted by Gasteiger charge is -2.42. The molecule has 2 nitrogen and oxygen atoms in total. The molecule has 1 aromatic heterocycles. The van der Waals surface area contributed by atoms with Gasteiger partial charge in [0.05, 0.1) is 11.0 Å². The number of aromatic nitrogens is 2. The number of nitrogens with zero attached hydrogens (tertiary/aromatic N) is 2. The van der Waals surface area contributed by atoms with Crippen molar-refractivity contribution in [2.75, 3.05) is 5.88 Å². The molecule has 2 aromatic rings. The number of benzene rings is 1. The Kier molecular flexibility index (Phi) is 3.72. The van der Waals surface area contributed by atoms with E-state index in [1.54, 1.807) is 12.1 Å². The molecule has 0 unspecified atom stereocenters. The number of aryl methyl sites for hydroxylation is 1. The second-order valence-electron chi connectivity index (χ2n) is 5.89. The molecule has 1 heterocycles. The number of imidazole rings is 1. The van der Waals surface area contributed by atoms with Crippen molar-refractivity contribution >= 4 is 22.6 Å². The van der Waals surface area contributed by atoms with E-state index in [0.717, 1.165) is 29.8 Å². The van der Waals surface area contributed by atoms with Crippen LogP contribution >= 0.6 is 11.6 Å². The first-order valence-corrected chi connectivity index (χ1v) is 7.91. The number of halogens is 2. The van der Waals surface area contributed by atoms with E-state index in [2.05, 4.69) is 16.5 Å². The molecule has 0 radical (unpaired) electrons. The van der Waals surface area contributed by atoms with Gasteiger partial charge in [-0.2, -0.15) is 0 Å². The Hall–Kier alpha value is -1.09. The SMILES string of the molecule is CCC1(Cn2c(CCCl)nc3ccc(F)cc32)CCC1.